The van der Waals surface area contributed by atoms with E-state index in [0.29, 0.717) is 12.1 Å². The van der Waals surface area contributed by atoms with E-state index in [9.17, 15) is 4.79 Å². The highest BCUT2D eigenvalue weighted by atomic mass is 16.1. The molecule has 1 amide bonds. The van der Waals surface area contributed by atoms with E-state index < -0.39 is 0 Å². The zero-order valence-corrected chi connectivity index (χ0v) is 14.9. The van der Waals surface area contributed by atoms with Gasteiger partial charge in [0.25, 0.3) is 5.91 Å². The van der Waals surface area contributed by atoms with Gasteiger partial charge in [0, 0.05) is 30.9 Å². The van der Waals surface area contributed by atoms with Gasteiger partial charge in [0.2, 0.25) is 0 Å². The highest BCUT2D eigenvalue weighted by Gasteiger charge is 2.07. The topological polar surface area (TPSA) is 63.1 Å². The molecule has 0 aliphatic heterocycles. The molecule has 2 aromatic carbocycles. The maximum atomic E-state index is 12.3. The predicted molar refractivity (Wildman–Crippen MR) is 103 cm³/mol. The summed E-state index contributed by atoms with van der Waals surface area (Å²) in [6.07, 6.45) is 4.00. The van der Waals surface area contributed by atoms with Crippen molar-refractivity contribution in [3.8, 4) is 5.69 Å². The SMILES string of the molecule is CCN(CCCNC(=O)c1ccc(-n2cncn2)cc1)c1ccccc1. The summed E-state index contributed by atoms with van der Waals surface area (Å²) in [5.41, 5.74) is 2.73. The van der Waals surface area contributed by atoms with Gasteiger partial charge >= 0.3 is 0 Å². The number of hydrogen-bond acceptors (Lipinski definition) is 4. The molecule has 0 saturated carbocycles. The third kappa shape index (κ3) is 4.47. The number of amides is 1. The van der Waals surface area contributed by atoms with Crippen LogP contribution in [-0.2, 0) is 0 Å². The average molecular weight is 349 g/mol. The second kappa shape index (κ2) is 8.80. The molecule has 1 aromatic heterocycles. The molecule has 6 heteroatoms. The van der Waals surface area contributed by atoms with Crippen molar-refractivity contribution < 1.29 is 4.79 Å². The van der Waals surface area contributed by atoms with Crippen molar-refractivity contribution in [2.45, 2.75) is 13.3 Å². The van der Waals surface area contributed by atoms with Crippen LogP contribution in [-0.4, -0.2) is 40.3 Å². The summed E-state index contributed by atoms with van der Waals surface area (Å²) in [6.45, 7) is 4.64. The highest BCUT2D eigenvalue weighted by Crippen LogP contribution is 2.13. The van der Waals surface area contributed by atoms with Crippen LogP contribution in [0.3, 0.4) is 0 Å². The van der Waals surface area contributed by atoms with Crippen LogP contribution in [0.15, 0.2) is 67.3 Å². The fourth-order valence-corrected chi connectivity index (χ4v) is 2.79. The van der Waals surface area contributed by atoms with Crippen LogP contribution in [0.25, 0.3) is 5.69 Å². The molecule has 0 saturated heterocycles. The molecule has 0 bridgehead atoms. The Labute approximate surface area is 153 Å². The summed E-state index contributed by atoms with van der Waals surface area (Å²) in [6, 6.07) is 17.6. The molecule has 3 aromatic rings. The Balaban J connectivity index is 1.46. The zero-order chi connectivity index (χ0) is 18.2. The maximum absolute atomic E-state index is 12.3. The number of carbonyl (C=O) groups is 1. The van der Waals surface area contributed by atoms with E-state index in [1.54, 1.807) is 23.1 Å². The number of para-hydroxylation sites is 1. The second-order valence-electron chi connectivity index (χ2n) is 5.91. The van der Waals surface area contributed by atoms with E-state index in [4.69, 9.17) is 0 Å². The van der Waals surface area contributed by atoms with E-state index in [1.807, 2.05) is 30.3 Å². The van der Waals surface area contributed by atoms with Crippen molar-refractivity contribution in [2.75, 3.05) is 24.5 Å². The van der Waals surface area contributed by atoms with Gasteiger partial charge in [0.05, 0.1) is 5.69 Å². The van der Waals surface area contributed by atoms with Gasteiger partial charge in [-0.2, -0.15) is 5.10 Å². The minimum absolute atomic E-state index is 0.0575. The van der Waals surface area contributed by atoms with Gasteiger partial charge in [0.15, 0.2) is 0 Å². The van der Waals surface area contributed by atoms with E-state index in [2.05, 4.69) is 39.4 Å². The zero-order valence-electron chi connectivity index (χ0n) is 14.9. The smallest absolute Gasteiger partial charge is 0.251 e. The van der Waals surface area contributed by atoms with Gasteiger partial charge in [-0.25, -0.2) is 9.67 Å². The Kier molecular flexibility index (Phi) is 5.98. The molecular weight excluding hydrogens is 326 g/mol. The third-order valence-corrected chi connectivity index (χ3v) is 4.21. The molecule has 0 unspecified atom stereocenters. The summed E-state index contributed by atoms with van der Waals surface area (Å²) in [5, 5.41) is 7.06. The summed E-state index contributed by atoms with van der Waals surface area (Å²) in [5.74, 6) is -0.0575. The first kappa shape index (κ1) is 17.7. The quantitative estimate of drug-likeness (QED) is 0.635. The molecule has 0 radical (unpaired) electrons. The second-order valence-corrected chi connectivity index (χ2v) is 5.91. The van der Waals surface area contributed by atoms with Gasteiger partial charge in [-0.15, -0.1) is 0 Å². The Hall–Kier alpha value is -3.15. The molecule has 0 spiro atoms. The molecule has 1 N–H and O–H groups in total. The molecular formula is C20H23N5O. The minimum Gasteiger partial charge on any atom is -0.372 e. The first-order valence-corrected chi connectivity index (χ1v) is 8.81. The molecule has 134 valence electrons. The summed E-state index contributed by atoms with van der Waals surface area (Å²) < 4.78 is 1.66. The Morgan fingerprint density at radius 2 is 1.88 bits per heavy atom. The van der Waals surface area contributed by atoms with Crippen molar-refractivity contribution in [3.05, 3.63) is 72.8 Å². The lowest BCUT2D eigenvalue weighted by molar-refractivity contribution is 0.0953. The molecule has 3 rings (SSSR count). The number of carbonyl (C=O) groups excluding carboxylic acids is 1. The Bertz CT molecular complexity index is 800. The number of anilines is 1. The summed E-state index contributed by atoms with van der Waals surface area (Å²) >= 11 is 0. The number of rotatable bonds is 8. The van der Waals surface area contributed by atoms with Gasteiger partial charge in [-0.05, 0) is 49.7 Å². The normalized spacial score (nSPS) is 10.5. The van der Waals surface area contributed by atoms with Crippen molar-refractivity contribution >= 4 is 11.6 Å². The molecule has 0 aliphatic rings. The fourth-order valence-electron chi connectivity index (χ4n) is 2.79. The highest BCUT2D eigenvalue weighted by molar-refractivity contribution is 5.94. The monoisotopic (exact) mass is 349 g/mol. The number of nitrogens with one attached hydrogen (secondary N) is 1. The molecule has 0 atom stereocenters. The maximum Gasteiger partial charge on any atom is 0.251 e. The summed E-state index contributed by atoms with van der Waals surface area (Å²) in [4.78, 5) is 18.5. The first-order chi connectivity index (χ1) is 12.8. The Morgan fingerprint density at radius 3 is 2.54 bits per heavy atom. The lowest BCUT2D eigenvalue weighted by Gasteiger charge is -2.23. The van der Waals surface area contributed by atoms with Gasteiger partial charge in [0.1, 0.15) is 12.7 Å². The van der Waals surface area contributed by atoms with Crippen molar-refractivity contribution in [3.63, 3.8) is 0 Å². The van der Waals surface area contributed by atoms with Crippen LogP contribution in [0, 0.1) is 0 Å². The third-order valence-electron chi connectivity index (χ3n) is 4.21. The number of nitrogens with zero attached hydrogens (tertiary/aromatic N) is 4. The van der Waals surface area contributed by atoms with Gasteiger partial charge in [-0.1, -0.05) is 18.2 Å². The van der Waals surface area contributed by atoms with Crippen LogP contribution in [0.1, 0.15) is 23.7 Å². The molecule has 0 aliphatic carbocycles. The number of hydrogen-bond donors (Lipinski definition) is 1. The van der Waals surface area contributed by atoms with Gasteiger partial charge < -0.3 is 10.2 Å². The first-order valence-electron chi connectivity index (χ1n) is 8.81. The predicted octanol–water partition coefficient (Wildman–Crippen LogP) is 2.91. The number of aromatic nitrogens is 3. The molecule has 0 fully saturated rings. The van der Waals surface area contributed by atoms with E-state index in [1.165, 1.54) is 12.0 Å². The van der Waals surface area contributed by atoms with Gasteiger partial charge in [-0.3, -0.25) is 4.79 Å². The average Bonchev–Trinajstić information content (AvgIpc) is 3.23. The lowest BCUT2D eigenvalue weighted by Crippen LogP contribution is -2.29. The molecule has 1 heterocycles. The lowest BCUT2D eigenvalue weighted by atomic mass is 10.2. The van der Waals surface area contributed by atoms with E-state index in [0.717, 1.165) is 25.2 Å². The van der Waals surface area contributed by atoms with E-state index in [-0.39, 0.29) is 5.91 Å². The number of benzene rings is 2. The van der Waals surface area contributed by atoms with Crippen molar-refractivity contribution in [1.82, 2.24) is 20.1 Å². The molecule has 6 nitrogen and oxygen atoms in total. The fraction of sp³-hybridized carbons (Fsp3) is 0.250. The Morgan fingerprint density at radius 1 is 1.12 bits per heavy atom. The van der Waals surface area contributed by atoms with Crippen LogP contribution in [0.4, 0.5) is 5.69 Å². The minimum atomic E-state index is -0.0575. The van der Waals surface area contributed by atoms with Crippen LogP contribution in [0.2, 0.25) is 0 Å². The standard InChI is InChI=1S/C20H23N5O/c1-2-24(18-7-4-3-5-8-18)14-6-13-22-20(26)17-9-11-19(12-10-17)25-16-21-15-23-25/h3-5,7-12,15-16H,2,6,13-14H2,1H3,(H,22,26). The van der Waals surface area contributed by atoms with Crippen molar-refractivity contribution in [2.24, 2.45) is 0 Å². The van der Waals surface area contributed by atoms with Crippen molar-refractivity contribution in [1.29, 1.82) is 0 Å². The molecule has 26 heavy (non-hydrogen) atoms. The largest absolute Gasteiger partial charge is 0.372 e. The van der Waals surface area contributed by atoms with Crippen LogP contribution in [0.5, 0.6) is 0 Å². The van der Waals surface area contributed by atoms with E-state index >= 15 is 0 Å². The van der Waals surface area contributed by atoms with Crippen LogP contribution < -0.4 is 10.2 Å². The summed E-state index contributed by atoms with van der Waals surface area (Å²) in [7, 11) is 0. The van der Waals surface area contributed by atoms with Crippen LogP contribution >= 0.6 is 0 Å².